The summed E-state index contributed by atoms with van der Waals surface area (Å²) >= 11 is 1.84. The molecule has 2 rings (SSSR count). The van der Waals surface area contributed by atoms with E-state index in [1.54, 1.807) is 0 Å². The van der Waals surface area contributed by atoms with Gasteiger partial charge in [-0.1, -0.05) is 26.7 Å². The zero-order valence-corrected chi connectivity index (χ0v) is 13.7. The van der Waals surface area contributed by atoms with Crippen LogP contribution in [0.3, 0.4) is 0 Å². The molecule has 2 nitrogen and oxygen atoms in total. The minimum absolute atomic E-state index is 0.571. The number of hydrogen-bond donors (Lipinski definition) is 1. The summed E-state index contributed by atoms with van der Waals surface area (Å²) in [6.07, 6.45) is 7.05. The Morgan fingerprint density at radius 2 is 1.95 bits per heavy atom. The molecule has 0 amide bonds. The molecule has 1 aliphatic rings. The summed E-state index contributed by atoms with van der Waals surface area (Å²) in [5, 5.41) is 4.90. The van der Waals surface area contributed by atoms with Crippen molar-refractivity contribution in [3.8, 4) is 0 Å². The predicted octanol–water partition coefficient (Wildman–Crippen LogP) is 4.46. The average Bonchev–Trinajstić information content (AvgIpc) is 2.86. The summed E-state index contributed by atoms with van der Waals surface area (Å²) < 4.78 is 0. The summed E-state index contributed by atoms with van der Waals surface area (Å²) in [5.41, 5.74) is 1.78. The number of aryl methyl sites for hydroxylation is 2. The molecule has 0 radical (unpaired) electrons. The van der Waals surface area contributed by atoms with Gasteiger partial charge in [-0.25, -0.2) is 4.98 Å². The first kappa shape index (κ1) is 15.0. The van der Waals surface area contributed by atoms with Crippen molar-refractivity contribution in [2.24, 2.45) is 11.3 Å². The highest BCUT2D eigenvalue weighted by molar-refractivity contribution is 7.11. The van der Waals surface area contributed by atoms with Crippen LogP contribution in [0, 0.1) is 25.2 Å². The second-order valence-electron chi connectivity index (χ2n) is 6.65. The van der Waals surface area contributed by atoms with Crippen LogP contribution in [-0.2, 0) is 6.54 Å². The van der Waals surface area contributed by atoms with Gasteiger partial charge in [0.1, 0.15) is 0 Å². The van der Waals surface area contributed by atoms with E-state index in [-0.39, 0.29) is 0 Å². The van der Waals surface area contributed by atoms with E-state index < -0.39 is 0 Å². The minimum atomic E-state index is 0.571. The average molecular weight is 280 g/mol. The van der Waals surface area contributed by atoms with Crippen molar-refractivity contribution in [3.05, 3.63) is 15.6 Å². The van der Waals surface area contributed by atoms with E-state index >= 15 is 0 Å². The van der Waals surface area contributed by atoms with Crippen LogP contribution in [0.15, 0.2) is 0 Å². The zero-order chi connectivity index (χ0) is 13.9. The lowest BCUT2D eigenvalue weighted by Gasteiger charge is -2.31. The molecule has 0 spiro atoms. The summed E-state index contributed by atoms with van der Waals surface area (Å²) in [6, 6.07) is 0. The maximum atomic E-state index is 4.51. The van der Waals surface area contributed by atoms with Gasteiger partial charge in [-0.05, 0) is 44.4 Å². The molecule has 0 aromatic carbocycles. The van der Waals surface area contributed by atoms with Gasteiger partial charge in [0, 0.05) is 18.0 Å². The lowest BCUT2D eigenvalue weighted by atomic mass is 9.78. The summed E-state index contributed by atoms with van der Waals surface area (Å²) in [6.45, 7) is 11.1. The Morgan fingerprint density at radius 3 is 2.47 bits per heavy atom. The third-order valence-corrected chi connectivity index (χ3v) is 5.36. The summed E-state index contributed by atoms with van der Waals surface area (Å²) in [5.74, 6) is 0.812. The van der Waals surface area contributed by atoms with Crippen LogP contribution in [0.2, 0.25) is 0 Å². The third-order valence-electron chi connectivity index (χ3n) is 4.29. The van der Waals surface area contributed by atoms with Gasteiger partial charge in [0.05, 0.1) is 10.7 Å². The molecule has 19 heavy (non-hydrogen) atoms. The minimum Gasteiger partial charge on any atom is -0.311 e. The molecule has 1 heterocycles. The van der Waals surface area contributed by atoms with Crippen molar-refractivity contribution in [2.45, 2.75) is 66.3 Å². The van der Waals surface area contributed by atoms with Crippen molar-refractivity contribution in [1.82, 2.24) is 10.3 Å². The molecule has 1 aliphatic carbocycles. The number of nitrogens with zero attached hydrogens (tertiary/aromatic N) is 1. The second-order valence-corrected chi connectivity index (χ2v) is 7.94. The Kier molecular flexibility index (Phi) is 5.02. The Balaban J connectivity index is 1.87. The molecular formula is C16H28N2S. The van der Waals surface area contributed by atoms with Crippen LogP contribution in [-0.4, -0.2) is 11.5 Å². The van der Waals surface area contributed by atoms with Crippen LogP contribution >= 0.6 is 11.3 Å². The van der Waals surface area contributed by atoms with Gasteiger partial charge in [0.25, 0.3) is 0 Å². The van der Waals surface area contributed by atoms with Gasteiger partial charge in [-0.2, -0.15) is 0 Å². The molecule has 1 saturated carbocycles. The molecule has 0 atom stereocenters. The highest BCUT2D eigenvalue weighted by Crippen LogP contribution is 2.42. The molecule has 1 fully saturated rings. The maximum Gasteiger partial charge on any atom is 0.0900 e. The van der Waals surface area contributed by atoms with Crippen molar-refractivity contribution < 1.29 is 0 Å². The van der Waals surface area contributed by atoms with Crippen LogP contribution in [0.4, 0.5) is 0 Å². The number of thiazole rings is 1. The summed E-state index contributed by atoms with van der Waals surface area (Å²) in [4.78, 5) is 5.92. The number of hydrogen-bond acceptors (Lipinski definition) is 3. The van der Waals surface area contributed by atoms with E-state index in [0.29, 0.717) is 5.41 Å². The highest BCUT2D eigenvalue weighted by atomic mass is 32.1. The highest BCUT2D eigenvalue weighted by Gasteiger charge is 2.33. The van der Waals surface area contributed by atoms with Crippen LogP contribution in [0.25, 0.3) is 0 Å². The van der Waals surface area contributed by atoms with Gasteiger partial charge in [0.15, 0.2) is 0 Å². The maximum absolute atomic E-state index is 4.51. The molecule has 1 aromatic heterocycles. The molecule has 0 aliphatic heterocycles. The van der Waals surface area contributed by atoms with Crippen LogP contribution < -0.4 is 5.32 Å². The molecule has 0 saturated heterocycles. The van der Waals surface area contributed by atoms with E-state index in [0.717, 1.165) is 12.5 Å². The van der Waals surface area contributed by atoms with E-state index in [2.05, 4.69) is 38.0 Å². The van der Waals surface area contributed by atoms with Gasteiger partial charge >= 0.3 is 0 Å². The molecule has 108 valence electrons. The van der Waals surface area contributed by atoms with E-state index in [9.17, 15) is 0 Å². The van der Waals surface area contributed by atoms with Gasteiger partial charge in [-0.15, -0.1) is 11.3 Å². The molecular weight excluding hydrogens is 252 g/mol. The molecule has 1 N–H and O–H groups in total. The third kappa shape index (κ3) is 4.03. The van der Waals surface area contributed by atoms with Gasteiger partial charge in [0.2, 0.25) is 0 Å². The Hall–Kier alpha value is -0.410. The predicted molar refractivity (Wildman–Crippen MR) is 83.7 cm³/mol. The quantitative estimate of drug-likeness (QED) is 0.832. The lowest BCUT2D eigenvalue weighted by molar-refractivity contribution is 0.223. The molecule has 0 bridgehead atoms. The first-order valence-corrected chi connectivity index (χ1v) is 8.46. The van der Waals surface area contributed by atoms with Gasteiger partial charge in [-0.3, -0.25) is 0 Å². The standard InChI is InChI=1S/C16H28N2S/c1-12(2)9-16(7-5-6-8-16)11-17-10-15-13(3)18-14(4)19-15/h12,17H,5-11H2,1-4H3. The van der Waals surface area contributed by atoms with Crippen molar-refractivity contribution in [2.75, 3.05) is 6.54 Å². The van der Waals surface area contributed by atoms with Gasteiger partial charge < -0.3 is 5.32 Å². The molecule has 1 aromatic rings. The fraction of sp³-hybridized carbons (Fsp3) is 0.812. The Labute approximate surface area is 122 Å². The fourth-order valence-corrected chi connectivity index (χ4v) is 4.53. The Bertz CT molecular complexity index is 403. The van der Waals surface area contributed by atoms with Crippen LogP contribution in [0.5, 0.6) is 0 Å². The topological polar surface area (TPSA) is 24.9 Å². The number of nitrogens with one attached hydrogen (secondary N) is 1. The van der Waals surface area contributed by atoms with E-state index in [4.69, 9.17) is 0 Å². The normalized spacial score (nSPS) is 18.4. The second kappa shape index (κ2) is 6.36. The monoisotopic (exact) mass is 280 g/mol. The van der Waals surface area contributed by atoms with Crippen LogP contribution in [0.1, 0.15) is 61.5 Å². The molecule has 0 unspecified atom stereocenters. The Morgan fingerprint density at radius 1 is 1.26 bits per heavy atom. The summed E-state index contributed by atoms with van der Waals surface area (Å²) in [7, 11) is 0. The smallest absolute Gasteiger partial charge is 0.0900 e. The largest absolute Gasteiger partial charge is 0.311 e. The SMILES string of the molecule is Cc1nc(C)c(CNCC2(CC(C)C)CCCC2)s1. The first-order valence-electron chi connectivity index (χ1n) is 7.64. The van der Waals surface area contributed by atoms with Crippen molar-refractivity contribution in [3.63, 3.8) is 0 Å². The van der Waals surface area contributed by atoms with E-state index in [1.165, 1.54) is 54.2 Å². The lowest BCUT2D eigenvalue weighted by Crippen LogP contribution is -2.33. The number of rotatable bonds is 6. The number of aromatic nitrogens is 1. The fourth-order valence-electron chi connectivity index (χ4n) is 3.62. The van der Waals surface area contributed by atoms with Crippen molar-refractivity contribution >= 4 is 11.3 Å². The zero-order valence-electron chi connectivity index (χ0n) is 12.9. The van der Waals surface area contributed by atoms with Crippen molar-refractivity contribution in [1.29, 1.82) is 0 Å². The first-order chi connectivity index (χ1) is 9.01. The molecule has 3 heteroatoms. The van der Waals surface area contributed by atoms with E-state index in [1.807, 2.05) is 11.3 Å².